The van der Waals surface area contributed by atoms with E-state index in [1.165, 1.54) is 12.8 Å². The summed E-state index contributed by atoms with van der Waals surface area (Å²) in [6, 6.07) is 0. The molecule has 0 saturated carbocycles. The van der Waals surface area contributed by atoms with Crippen LogP contribution in [0.1, 0.15) is 31.2 Å². The molecular formula is C13H20N4S. The van der Waals surface area contributed by atoms with Crippen molar-refractivity contribution in [2.24, 2.45) is 0 Å². The predicted molar refractivity (Wildman–Crippen MR) is 76.2 cm³/mol. The van der Waals surface area contributed by atoms with Crippen molar-refractivity contribution in [1.29, 1.82) is 0 Å². The zero-order valence-corrected chi connectivity index (χ0v) is 11.8. The minimum atomic E-state index is 0.930. The van der Waals surface area contributed by atoms with Gasteiger partial charge < -0.3 is 9.88 Å². The molecule has 0 spiro atoms. The van der Waals surface area contributed by atoms with Crippen LogP contribution in [0.4, 0.5) is 5.95 Å². The molecule has 0 aliphatic heterocycles. The smallest absolute Gasteiger partial charge is 0.203 e. The molecule has 0 aliphatic rings. The van der Waals surface area contributed by atoms with Gasteiger partial charge in [-0.25, -0.2) is 9.97 Å². The highest BCUT2D eigenvalue weighted by Gasteiger charge is 2.05. The van der Waals surface area contributed by atoms with Gasteiger partial charge in [0.15, 0.2) is 0 Å². The normalized spacial score (nSPS) is 10.8. The molecule has 18 heavy (non-hydrogen) atoms. The van der Waals surface area contributed by atoms with Crippen molar-refractivity contribution in [1.82, 2.24) is 14.5 Å². The number of hydrogen-bond acceptors (Lipinski definition) is 4. The second kappa shape index (κ2) is 6.54. The molecule has 2 heterocycles. The van der Waals surface area contributed by atoms with Crippen LogP contribution in [0.5, 0.6) is 0 Å². The third-order valence-electron chi connectivity index (χ3n) is 2.80. The Morgan fingerprint density at radius 3 is 3.06 bits per heavy atom. The maximum absolute atomic E-state index is 4.52. The first-order valence-electron chi connectivity index (χ1n) is 6.44. The maximum Gasteiger partial charge on any atom is 0.203 e. The second-order valence-electron chi connectivity index (χ2n) is 4.41. The van der Waals surface area contributed by atoms with E-state index in [2.05, 4.69) is 38.4 Å². The molecule has 0 atom stereocenters. The van der Waals surface area contributed by atoms with E-state index in [0.29, 0.717) is 0 Å². The third kappa shape index (κ3) is 3.57. The summed E-state index contributed by atoms with van der Waals surface area (Å²) in [5.74, 6) is 0.983. The van der Waals surface area contributed by atoms with Gasteiger partial charge in [0.1, 0.15) is 0 Å². The zero-order valence-electron chi connectivity index (χ0n) is 11.0. The topological polar surface area (TPSA) is 42.7 Å². The third-order valence-corrected chi connectivity index (χ3v) is 3.44. The first kappa shape index (κ1) is 13.1. The summed E-state index contributed by atoms with van der Waals surface area (Å²) >= 11 is 1.65. The Bertz CT molecular complexity index is 461. The van der Waals surface area contributed by atoms with Crippen LogP contribution in [-0.2, 0) is 13.0 Å². The molecule has 0 aliphatic carbocycles. The molecule has 0 unspecified atom stereocenters. The van der Waals surface area contributed by atoms with Crippen molar-refractivity contribution in [3.05, 3.63) is 28.5 Å². The van der Waals surface area contributed by atoms with Crippen LogP contribution in [0.15, 0.2) is 17.1 Å². The van der Waals surface area contributed by atoms with Gasteiger partial charge in [0.05, 0.1) is 16.9 Å². The molecule has 0 amide bonds. The molecule has 2 aromatic rings. The Morgan fingerprint density at radius 1 is 1.44 bits per heavy atom. The number of nitrogens with zero attached hydrogens (tertiary/aromatic N) is 3. The minimum Gasteiger partial charge on any atom is -0.356 e. The molecule has 5 heteroatoms. The summed E-state index contributed by atoms with van der Waals surface area (Å²) in [4.78, 5) is 8.82. The van der Waals surface area contributed by atoms with Crippen molar-refractivity contribution < 1.29 is 0 Å². The molecule has 0 saturated heterocycles. The van der Waals surface area contributed by atoms with Crippen LogP contribution in [-0.4, -0.2) is 21.1 Å². The van der Waals surface area contributed by atoms with E-state index in [-0.39, 0.29) is 0 Å². The number of nitrogens with one attached hydrogen (secondary N) is 1. The number of thiazole rings is 1. The molecule has 2 aromatic heterocycles. The highest BCUT2D eigenvalue weighted by Crippen LogP contribution is 2.11. The van der Waals surface area contributed by atoms with Gasteiger partial charge in [0.25, 0.3) is 0 Å². The molecule has 1 N–H and O–H groups in total. The summed E-state index contributed by atoms with van der Waals surface area (Å²) in [7, 11) is 0. The van der Waals surface area contributed by atoms with Crippen LogP contribution in [0.25, 0.3) is 0 Å². The lowest BCUT2D eigenvalue weighted by Crippen LogP contribution is -2.09. The first-order valence-corrected chi connectivity index (χ1v) is 7.38. The maximum atomic E-state index is 4.52. The quantitative estimate of drug-likeness (QED) is 0.781. The highest BCUT2D eigenvalue weighted by atomic mass is 32.1. The van der Waals surface area contributed by atoms with Gasteiger partial charge in [0.2, 0.25) is 5.95 Å². The molecule has 4 nitrogen and oxygen atoms in total. The largest absolute Gasteiger partial charge is 0.356 e. The fraction of sp³-hybridized carbons (Fsp3) is 0.538. The predicted octanol–water partition coefficient (Wildman–Crippen LogP) is 3.10. The molecule has 0 radical (unpaired) electrons. The fourth-order valence-corrected chi connectivity index (χ4v) is 2.42. The van der Waals surface area contributed by atoms with Gasteiger partial charge in [-0.1, -0.05) is 13.3 Å². The van der Waals surface area contributed by atoms with Crippen molar-refractivity contribution in [3.63, 3.8) is 0 Å². The zero-order chi connectivity index (χ0) is 12.8. The summed E-state index contributed by atoms with van der Waals surface area (Å²) in [5.41, 5.74) is 4.10. The molecule has 0 aromatic carbocycles. The number of anilines is 1. The van der Waals surface area contributed by atoms with Gasteiger partial charge in [0, 0.05) is 31.1 Å². The number of aryl methyl sites for hydroxylation is 3. The fourth-order valence-electron chi connectivity index (χ4n) is 1.83. The van der Waals surface area contributed by atoms with E-state index < -0.39 is 0 Å². The van der Waals surface area contributed by atoms with E-state index in [0.717, 1.165) is 36.8 Å². The molecule has 2 rings (SSSR count). The van der Waals surface area contributed by atoms with E-state index in [4.69, 9.17) is 0 Å². The molecular weight excluding hydrogens is 244 g/mol. The highest BCUT2D eigenvalue weighted by molar-refractivity contribution is 7.07. The summed E-state index contributed by atoms with van der Waals surface area (Å²) in [6.07, 6.45) is 5.44. The van der Waals surface area contributed by atoms with E-state index in [1.54, 1.807) is 11.3 Å². The van der Waals surface area contributed by atoms with Crippen molar-refractivity contribution in [3.8, 4) is 0 Å². The lowest BCUT2D eigenvalue weighted by atomic mass is 10.3. The van der Waals surface area contributed by atoms with Gasteiger partial charge in [-0.05, 0) is 13.3 Å². The lowest BCUT2D eigenvalue weighted by molar-refractivity contribution is 0.687. The van der Waals surface area contributed by atoms with Crippen molar-refractivity contribution in [2.75, 3.05) is 11.9 Å². The number of hydrogen-bond donors (Lipinski definition) is 1. The van der Waals surface area contributed by atoms with Gasteiger partial charge in [-0.15, -0.1) is 11.3 Å². The second-order valence-corrected chi connectivity index (χ2v) is 5.13. The van der Waals surface area contributed by atoms with Crippen LogP contribution in [0, 0.1) is 6.92 Å². The van der Waals surface area contributed by atoms with Crippen LogP contribution < -0.4 is 5.32 Å². The number of imidazole rings is 1. The monoisotopic (exact) mass is 264 g/mol. The molecule has 98 valence electrons. The van der Waals surface area contributed by atoms with Crippen LogP contribution >= 0.6 is 11.3 Å². The summed E-state index contributed by atoms with van der Waals surface area (Å²) < 4.78 is 2.18. The summed E-state index contributed by atoms with van der Waals surface area (Å²) in [5, 5.41) is 5.50. The Balaban J connectivity index is 1.93. The molecule has 0 fully saturated rings. The Kier molecular flexibility index (Phi) is 4.75. The van der Waals surface area contributed by atoms with Gasteiger partial charge in [-0.3, -0.25) is 0 Å². The standard InChI is InChI=1S/C13H20N4S/c1-3-4-6-14-13-16-11(2)8-17(13)7-5-12-9-18-10-15-12/h8-10H,3-7H2,1-2H3,(H,14,16). The van der Waals surface area contributed by atoms with E-state index >= 15 is 0 Å². The first-order chi connectivity index (χ1) is 8.79. The van der Waals surface area contributed by atoms with Gasteiger partial charge >= 0.3 is 0 Å². The van der Waals surface area contributed by atoms with Gasteiger partial charge in [-0.2, -0.15) is 0 Å². The summed E-state index contributed by atoms with van der Waals surface area (Å²) in [6.45, 7) is 6.15. The minimum absolute atomic E-state index is 0.930. The van der Waals surface area contributed by atoms with Crippen molar-refractivity contribution >= 4 is 17.3 Å². The Labute approximate surface area is 112 Å². The van der Waals surface area contributed by atoms with E-state index in [1.807, 2.05) is 12.4 Å². The number of unbranched alkanes of at least 4 members (excludes halogenated alkanes) is 1. The average molecular weight is 264 g/mol. The van der Waals surface area contributed by atoms with Crippen LogP contribution in [0.3, 0.4) is 0 Å². The van der Waals surface area contributed by atoms with Crippen molar-refractivity contribution in [2.45, 2.75) is 39.7 Å². The Morgan fingerprint density at radius 2 is 2.33 bits per heavy atom. The average Bonchev–Trinajstić information content (AvgIpc) is 2.97. The van der Waals surface area contributed by atoms with Crippen LogP contribution in [0.2, 0.25) is 0 Å². The number of aromatic nitrogens is 3. The number of rotatable bonds is 7. The SMILES string of the molecule is CCCCNc1nc(C)cn1CCc1cscn1. The molecule has 0 bridgehead atoms. The lowest BCUT2D eigenvalue weighted by Gasteiger charge is -2.08. The van der Waals surface area contributed by atoms with E-state index in [9.17, 15) is 0 Å². The Hall–Kier alpha value is -1.36.